The van der Waals surface area contributed by atoms with E-state index in [1.165, 1.54) is 0 Å². The minimum absolute atomic E-state index is 0.105. The first kappa shape index (κ1) is 7.56. The average molecular weight is 183 g/mol. The van der Waals surface area contributed by atoms with Gasteiger partial charge in [-0.05, 0) is 11.6 Å². The van der Waals surface area contributed by atoms with Gasteiger partial charge in [-0.25, -0.2) is 0 Å². The van der Waals surface area contributed by atoms with Gasteiger partial charge in [0.15, 0.2) is 5.43 Å². The van der Waals surface area contributed by atoms with E-state index in [-0.39, 0.29) is 5.43 Å². The molecule has 0 N–H and O–H groups in total. The molecule has 0 aliphatic carbocycles. The molecular weight excluding hydrogens is 174 g/mol. The summed E-state index contributed by atoms with van der Waals surface area (Å²) >= 11 is 0. The van der Waals surface area contributed by atoms with Gasteiger partial charge < -0.3 is 4.57 Å². The number of benzene rings is 1. The van der Waals surface area contributed by atoms with E-state index in [0.29, 0.717) is 0 Å². The second-order valence-corrected chi connectivity index (χ2v) is 3.48. The lowest BCUT2D eigenvalue weighted by atomic mass is 10.1. The summed E-state index contributed by atoms with van der Waals surface area (Å²) < 4.78 is 2.10. The molecule has 2 nitrogen and oxygen atoms in total. The van der Waals surface area contributed by atoms with Crippen molar-refractivity contribution in [2.24, 2.45) is 0 Å². The smallest absolute Gasteiger partial charge is 0.189 e. The molecule has 0 unspecified atom stereocenters. The van der Waals surface area contributed by atoms with E-state index in [9.17, 15) is 4.79 Å². The number of hydrogen-bond acceptors (Lipinski definition) is 1. The number of allylic oxidation sites excluding steroid dienone is 1. The van der Waals surface area contributed by atoms with Crippen LogP contribution in [0.15, 0.2) is 41.3 Å². The van der Waals surface area contributed by atoms with Gasteiger partial charge >= 0.3 is 0 Å². The van der Waals surface area contributed by atoms with Gasteiger partial charge in [0, 0.05) is 24.2 Å². The van der Waals surface area contributed by atoms with Crippen LogP contribution in [-0.4, -0.2) is 4.57 Å². The summed E-state index contributed by atoms with van der Waals surface area (Å²) in [6.45, 7) is 0.855. The Kier molecular flexibility index (Phi) is 1.39. The third-order valence-corrected chi connectivity index (χ3v) is 2.63. The molecule has 1 aliphatic rings. The average Bonchev–Trinajstić information content (AvgIpc) is 2.24. The highest BCUT2D eigenvalue weighted by Gasteiger charge is 2.07. The van der Waals surface area contributed by atoms with Crippen LogP contribution >= 0.6 is 0 Å². The van der Waals surface area contributed by atoms with Crippen molar-refractivity contribution < 1.29 is 0 Å². The molecule has 0 bridgehead atoms. The lowest BCUT2D eigenvalue weighted by molar-refractivity contribution is 0.845. The summed E-state index contributed by atoms with van der Waals surface area (Å²) in [6.07, 6.45) is 6.03. The second-order valence-electron chi connectivity index (χ2n) is 3.48. The summed E-state index contributed by atoms with van der Waals surface area (Å²) in [4.78, 5) is 11.6. The molecule has 68 valence electrons. The first-order valence-corrected chi connectivity index (χ1v) is 4.65. The molecule has 0 fully saturated rings. The van der Waals surface area contributed by atoms with Gasteiger partial charge in [0.05, 0.1) is 5.52 Å². The Bertz CT molecular complexity index is 593. The summed E-state index contributed by atoms with van der Waals surface area (Å²) in [6, 6.07) is 7.48. The molecule has 1 aliphatic heterocycles. The molecule has 0 atom stereocenters. The van der Waals surface area contributed by atoms with E-state index in [1.807, 2.05) is 24.4 Å². The van der Waals surface area contributed by atoms with E-state index in [2.05, 4.69) is 16.7 Å². The minimum atomic E-state index is 0.105. The van der Waals surface area contributed by atoms with Gasteiger partial charge in [0.2, 0.25) is 0 Å². The highest BCUT2D eigenvalue weighted by Crippen LogP contribution is 2.20. The predicted molar refractivity (Wildman–Crippen MR) is 57.2 cm³/mol. The molecule has 3 rings (SSSR count). The highest BCUT2D eigenvalue weighted by molar-refractivity contribution is 5.88. The Morgan fingerprint density at radius 1 is 1.21 bits per heavy atom. The molecule has 0 radical (unpaired) electrons. The van der Waals surface area contributed by atoms with Crippen LogP contribution in [0.4, 0.5) is 0 Å². The van der Waals surface area contributed by atoms with E-state index in [4.69, 9.17) is 0 Å². The standard InChI is InChI=1S/C12H9NO/c14-11-6-8-13-7-2-4-9-3-1-5-10(11)12(9)13/h1-6,8H,7H2. The van der Waals surface area contributed by atoms with Crippen LogP contribution in [0.25, 0.3) is 17.0 Å². The molecule has 14 heavy (non-hydrogen) atoms. The van der Waals surface area contributed by atoms with Crippen LogP contribution in [0.1, 0.15) is 5.56 Å². The van der Waals surface area contributed by atoms with Gasteiger partial charge in [-0.2, -0.15) is 0 Å². The minimum Gasteiger partial charge on any atom is -0.343 e. The van der Waals surface area contributed by atoms with Crippen molar-refractivity contribution in [2.75, 3.05) is 0 Å². The Balaban J connectivity index is 2.63. The van der Waals surface area contributed by atoms with Crippen LogP contribution in [-0.2, 0) is 6.54 Å². The number of nitrogens with zero attached hydrogens (tertiary/aromatic N) is 1. The maximum Gasteiger partial charge on any atom is 0.189 e. The Labute approximate surface area is 81.1 Å². The Morgan fingerprint density at radius 3 is 3.07 bits per heavy atom. The van der Waals surface area contributed by atoms with Crippen molar-refractivity contribution in [3.8, 4) is 0 Å². The van der Waals surface area contributed by atoms with E-state index in [1.54, 1.807) is 6.07 Å². The third-order valence-electron chi connectivity index (χ3n) is 2.63. The fourth-order valence-electron chi connectivity index (χ4n) is 1.98. The van der Waals surface area contributed by atoms with Crippen molar-refractivity contribution in [1.82, 2.24) is 4.57 Å². The fraction of sp³-hybridized carbons (Fsp3) is 0.0833. The van der Waals surface area contributed by atoms with E-state index < -0.39 is 0 Å². The second kappa shape index (κ2) is 2.58. The highest BCUT2D eigenvalue weighted by atomic mass is 16.1. The van der Waals surface area contributed by atoms with E-state index >= 15 is 0 Å². The zero-order valence-corrected chi connectivity index (χ0v) is 7.60. The van der Waals surface area contributed by atoms with Crippen LogP contribution < -0.4 is 5.43 Å². The quantitative estimate of drug-likeness (QED) is 0.612. The Morgan fingerprint density at radius 2 is 2.14 bits per heavy atom. The van der Waals surface area contributed by atoms with Gasteiger partial charge in [0.1, 0.15) is 0 Å². The molecule has 1 aromatic carbocycles. The zero-order chi connectivity index (χ0) is 9.54. The first-order chi connectivity index (χ1) is 6.86. The van der Waals surface area contributed by atoms with Crippen LogP contribution in [0, 0.1) is 0 Å². The topological polar surface area (TPSA) is 22.0 Å². The van der Waals surface area contributed by atoms with Crippen molar-refractivity contribution in [1.29, 1.82) is 0 Å². The number of rotatable bonds is 0. The lowest BCUT2D eigenvalue weighted by Gasteiger charge is -2.14. The normalized spacial score (nSPS) is 13.4. The van der Waals surface area contributed by atoms with Gasteiger partial charge in [0.25, 0.3) is 0 Å². The molecule has 0 saturated carbocycles. The number of hydrogen-bond donors (Lipinski definition) is 0. The molecule has 0 spiro atoms. The predicted octanol–water partition coefficient (Wildman–Crippen LogP) is 2.03. The SMILES string of the molecule is O=c1ccn2c3c(cccc13)C=CC2. The molecule has 1 aromatic heterocycles. The number of para-hydroxylation sites is 1. The maximum absolute atomic E-state index is 11.6. The van der Waals surface area contributed by atoms with Gasteiger partial charge in [-0.3, -0.25) is 4.79 Å². The summed E-state index contributed by atoms with van der Waals surface area (Å²) in [5, 5.41) is 0.814. The maximum atomic E-state index is 11.6. The van der Waals surface area contributed by atoms with Crippen molar-refractivity contribution in [2.45, 2.75) is 6.54 Å². The lowest BCUT2D eigenvalue weighted by Crippen LogP contribution is -2.10. The van der Waals surface area contributed by atoms with Crippen molar-refractivity contribution in [3.05, 3.63) is 52.3 Å². The monoisotopic (exact) mass is 183 g/mol. The molecular formula is C12H9NO. The Hall–Kier alpha value is -1.83. The third kappa shape index (κ3) is 0.880. The van der Waals surface area contributed by atoms with Gasteiger partial charge in [-0.15, -0.1) is 0 Å². The summed E-state index contributed by atoms with van der Waals surface area (Å²) in [5.74, 6) is 0. The van der Waals surface area contributed by atoms with Crippen molar-refractivity contribution in [3.63, 3.8) is 0 Å². The van der Waals surface area contributed by atoms with Crippen molar-refractivity contribution >= 4 is 17.0 Å². The number of aromatic nitrogens is 1. The van der Waals surface area contributed by atoms with Crippen LogP contribution in [0.2, 0.25) is 0 Å². The first-order valence-electron chi connectivity index (χ1n) is 4.65. The van der Waals surface area contributed by atoms with E-state index in [0.717, 1.165) is 23.0 Å². The molecule has 2 heteroatoms. The molecule has 0 saturated heterocycles. The summed E-state index contributed by atoms with van der Waals surface area (Å²) in [7, 11) is 0. The molecule has 2 aromatic rings. The summed E-state index contributed by atoms with van der Waals surface area (Å²) in [5.41, 5.74) is 2.29. The largest absolute Gasteiger partial charge is 0.343 e. The molecule has 0 amide bonds. The van der Waals surface area contributed by atoms with Gasteiger partial charge in [-0.1, -0.05) is 24.3 Å². The zero-order valence-electron chi connectivity index (χ0n) is 7.60. The van der Waals surface area contributed by atoms with Crippen LogP contribution in [0.3, 0.4) is 0 Å². The molecule has 2 heterocycles. The fourth-order valence-corrected chi connectivity index (χ4v) is 1.98. The number of pyridine rings is 1. The van der Waals surface area contributed by atoms with Crippen LogP contribution in [0.5, 0.6) is 0 Å².